The summed E-state index contributed by atoms with van der Waals surface area (Å²) in [6.07, 6.45) is 0.263. The lowest BCUT2D eigenvalue weighted by Crippen LogP contribution is -2.16. The lowest BCUT2D eigenvalue weighted by molar-refractivity contribution is -0.117. The predicted octanol–water partition coefficient (Wildman–Crippen LogP) is 1.15. The minimum Gasteiger partial charge on any atom is -0.495 e. The quantitative estimate of drug-likeness (QED) is 0.228. The number of hydrogen-bond donors (Lipinski definition) is 3. The zero-order chi connectivity index (χ0) is 15.0. The third kappa shape index (κ3) is 4.43. The Morgan fingerprint density at radius 1 is 1.50 bits per heavy atom. The lowest BCUT2D eigenvalue weighted by atomic mass is 10.1. The van der Waals surface area contributed by atoms with Crippen LogP contribution < -0.4 is 15.8 Å². The second-order valence-corrected chi connectivity index (χ2v) is 3.90. The van der Waals surface area contributed by atoms with Crippen LogP contribution in [-0.4, -0.2) is 37.3 Å². The normalized spacial score (nSPS) is 11.2. The van der Waals surface area contributed by atoms with Crippen molar-refractivity contribution in [1.82, 2.24) is 0 Å². The molecule has 20 heavy (non-hydrogen) atoms. The van der Waals surface area contributed by atoms with Crippen LogP contribution >= 0.6 is 0 Å². The van der Waals surface area contributed by atoms with E-state index in [1.54, 1.807) is 18.2 Å². The molecule has 0 radical (unpaired) electrons. The second kappa shape index (κ2) is 8.00. The van der Waals surface area contributed by atoms with Crippen molar-refractivity contribution in [2.75, 3.05) is 25.6 Å². The van der Waals surface area contributed by atoms with E-state index in [-0.39, 0.29) is 18.2 Å². The van der Waals surface area contributed by atoms with Gasteiger partial charge in [-0.1, -0.05) is 5.16 Å². The number of nitrogens with one attached hydrogen (secondary N) is 1. The van der Waals surface area contributed by atoms with E-state index in [2.05, 4.69) is 10.5 Å². The molecule has 0 fully saturated rings. The first-order valence-corrected chi connectivity index (χ1v) is 6.15. The molecule has 7 nitrogen and oxygen atoms in total. The van der Waals surface area contributed by atoms with Gasteiger partial charge in [0.2, 0.25) is 5.91 Å². The van der Waals surface area contributed by atoms with E-state index in [1.807, 2.05) is 6.92 Å². The zero-order valence-electron chi connectivity index (χ0n) is 11.5. The number of ether oxygens (including phenoxy) is 2. The van der Waals surface area contributed by atoms with Gasteiger partial charge in [-0.2, -0.15) is 0 Å². The second-order valence-electron chi connectivity index (χ2n) is 3.90. The Hall–Kier alpha value is -2.28. The summed E-state index contributed by atoms with van der Waals surface area (Å²) in [6, 6.07) is 4.83. The smallest absolute Gasteiger partial charge is 0.226 e. The van der Waals surface area contributed by atoms with Crippen molar-refractivity contribution in [2.24, 2.45) is 10.9 Å². The number of oxime groups is 1. The molecular formula is C13H19N3O4. The number of carbonyl (C=O) groups is 1. The fraction of sp³-hybridized carbons (Fsp3) is 0.385. The number of hydrogen-bond acceptors (Lipinski definition) is 5. The number of carbonyl (C=O) groups excluding carboxylic acids is 1. The van der Waals surface area contributed by atoms with Crippen LogP contribution in [0.4, 0.5) is 5.69 Å². The third-order valence-corrected chi connectivity index (χ3v) is 2.56. The Morgan fingerprint density at radius 2 is 2.25 bits per heavy atom. The molecule has 0 spiro atoms. The summed E-state index contributed by atoms with van der Waals surface area (Å²) >= 11 is 0. The van der Waals surface area contributed by atoms with Crippen LogP contribution in [0, 0.1) is 0 Å². The van der Waals surface area contributed by atoms with E-state index >= 15 is 0 Å². The number of methoxy groups -OCH3 is 1. The van der Waals surface area contributed by atoms with Gasteiger partial charge in [0.05, 0.1) is 25.8 Å². The maximum atomic E-state index is 11.7. The number of amidine groups is 1. The van der Waals surface area contributed by atoms with E-state index in [0.29, 0.717) is 30.2 Å². The van der Waals surface area contributed by atoms with E-state index < -0.39 is 0 Å². The first-order valence-electron chi connectivity index (χ1n) is 6.15. The molecule has 110 valence electrons. The third-order valence-electron chi connectivity index (χ3n) is 2.56. The van der Waals surface area contributed by atoms with E-state index in [9.17, 15) is 4.79 Å². The van der Waals surface area contributed by atoms with Crippen LogP contribution in [-0.2, 0) is 9.53 Å². The molecule has 1 aromatic carbocycles. The maximum Gasteiger partial charge on any atom is 0.226 e. The fourth-order valence-electron chi connectivity index (χ4n) is 1.53. The van der Waals surface area contributed by atoms with Gasteiger partial charge in [-0.25, -0.2) is 0 Å². The Morgan fingerprint density at radius 3 is 2.85 bits per heavy atom. The summed E-state index contributed by atoms with van der Waals surface area (Å²) < 4.78 is 10.3. The highest BCUT2D eigenvalue weighted by molar-refractivity contribution is 5.99. The minimum atomic E-state index is -0.173. The molecule has 1 rings (SSSR count). The number of benzene rings is 1. The molecule has 0 unspecified atom stereocenters. The standard InChI is InChI=1S/C13H19N3O4/c1-3-20-7-6-12(17)15-10-5-4-9(13(14)16-18)8-11(10)19-2/h4-5,8,18H,3,6-7H2,1-2H3,(H2,14,16)(H,15,17). The highest BCUT2D eigenvalue weighted by Gasteiger charge is 2.10. The van der Waals surface area contributed by atoms with Crippen molar-refractivity contribution in [3.05, 3.63) is 23.8 Å². The average Bonchev–Trinajstić information content (AvgIpc) is 2.47. The van der Waals surface area contributed by atoms with Gasteiger partial charge in [-0.05, 0) is 25.1 Å². The Kier molecular flexibility index (Phi) is 6.31. The van der Waals surface area contributed by atoms with Crippen molar-refractivity contribution in [1.29, 1.82) is 0 Å². The molecule has 0 aliphatic rings. The molecule has 0 saturated carbocycles. The van der Waals surface area contributed by atoms with Crippen molar-refractivity contribution >= 4 is 17.4 Å². The van der Waals surface area contributed by atoms with Gasteiger partial charge in [0.25, 0.3) is 0 Å². The van der Waals surface area contributed by atoms with Crippen LogP contribution in [0.3, 0.4) is 0 Å². The Labute approximate surface area is 117 Å². The SMILES string of the molecule is CCOCCC(=O)Nc1ccc(/C(N)=N/O)cc1OC. The number of nitrogens with two attached hydrogens (primary N) is 1. The molecule has 0 heterocycles. The first kappa shape index (κ1) is 15.8. The summed E-state index contributed by atoms with van der Waals surface area (Å²) in [5, 5.41) is 14.3. The van der Waals surface area contributed by atoms with Gasteiger partial charge in [-0.15, -0.1) is 0 Å². The monoisotopic (exact) mass is 281 g/mol. The molecule has 0 atom stereocenters. The highest BCUT2D eigenvalue weighted by Crippen LogP contribution is 2.25. The largest absolute Gasteiger partial charge is 0.495 e. The van der Waals surface area contributed by atoms with Gasteiger partial charge in [0, 0.05) is 12.2 Å². The van der Waals surface area contributed by atoms with Crippen LogP contribution in [0.1, 0.15) is 18.9 Å². The zero-order valence-corrected chi connectivity index (χ0v) is 11.5. The Balaban J connectivity index is 2.77. The molecule has 4 N–H and O–H groups in total. The van der Waals surface area contributed by atoms with Gasteiger partial charge in [0.15, 0.2) is 5.84 Å². The molecule has 1 aromatic rings. The number of nitrogens with zero attached hydrogens (tertiary/aromatic N) is 1. The minimum absolute atomic E-state index is 0.0301. The number of rotatable bonds is 7. The predicted molar refractivity (Wildman–Crippen MR) is 75.2 cm³/mol. The van der Waals surface area contributed by atoms with E-state index in [0.717, 1.165) is 0 Å². The molecule has 1 amide bonds. The molecule has 0 aliphatic heterocycles. The Bertz CT molecular complexity index is 489. The number of anilines is 1. The van der Waals surface area contributed by atoms with Gasteiger partial charge in [0.1, 0.15) is 5.75 Å². The summed E-state index contributed by atoms with van der Waals surface area (Å²) in [5.74, 6) is 0.227. The van der Waals surface area contributed by atoms with Crippen molar-refractivity contribution in [3.63, 3.8) is 0 Å². The first-order chi connectivity index (χ1) is 9.62. The molecule has 7 heteroatoms. The van der Waals surface area contributed by atoms with Crippen molar-refractivity contribution in [2.45, 2.75) is 13.3 Å². The molecule has 0 aromatic heterocycles. The summed E-state index contributed by atoms with van der Waals surface area (Å²) in [5.41, 5.74) is 6.50. The molecule has 0 aliphatic carbocycles. The van der Waals surface area contributed by atoms with Gasteiger partial charge >= 0.3 is 0 Å². The number of amides is 1. The topological polar surface area (TPSA) is 106 Å². The fourth-order valence-corrected chi connectivity index (χ4v) is 1.53. The van der Waals surface area contributed by atoms with Gasteiger partial charge in [-0.3, -0.25) is 4.79 Å². The van der Waals surface area contributed by atoms with Crippen LogP contribution in [0.5, 0.6) is 5.75 Å². The highest BCUT2D eigenvalue weighted by atomic mass is 16.5. The van der Waals surface area contributed by atoms with Crippen LogP contribution in [0.25, 0.3) is 0 Å². The summed E-state index contributed by atoms with van der Waals surface area (Å²) in [7, 11) is 1.47. The molecular weight excluding hydrogens is 262 g/mol. The van der Waals surface area contributed by atoms with Crippen molar-refractivity contribution < 1.29 is 19.5 Å². The van der Waals surface area contributed by atoms with E-state index in [1.165, 1.54) is 7.11 Å². The summed E-state index contributed by atoms with van der Waals surface area (Å²) in [6.45, 7) is 2.81. The van der Waals surface area contributed by atoms with Crippen LogP contribution in [0.15, 0.2) is 23.4 Å². The molecule has 0 bridgehead atoms. The van der Waals surface area contributed by atoms with E-state index in [4.69, 9.17) is 20.4 Å². The molecule has 0 saturated heterocycles. The maximum absolute atomic E-state index is 11.7. The van der Waals surface area contributed by atoms with Crippen molar-refractivity contribution in [3.8, 4) is 5.75 Å². The van der Waals surface area contributed by atoms with Gasteiger partial charge < -0.3 is 25.7 Å². The average molecular weight is 281 g/mol. The van der Waals surface area contributed by atoms with Crippen LogP contribution in [0.2, 0.25) is 0 Å². The summed E-state index contributed by atoms with van der Waals surface area (Å²) in [4.78, 5) is 11.7. The lowest BCUT2D eigenvalue weighted by Gasteiger charge is -2.11.